The van der Waals surface area contributed by atoms with E-state index in [0.29, 0.717) is 18.1 Å². The number of hydrogen-bond donors (Lipinski definition) is 0. The molecule has 0 bridgehead atoms. The standard InChI is InChI=1S/C11H21NO2/c1-9(2)11(13)14-8-10(3)6-7-12(4)5/h10H,1,6-8H2,2-5H3. The van der Waals surface area contributed by atoms with Crippen molar-refractivity contribution in [3.05, 3.63) is 12.2 Å². The van der Waals surface area contributed by atoms with Gasteiger partial charge in [-0.3, -0.25) is 0 Å². The first-order chi connectivity index (χ1) is 6.43. The van der Waals surface area contributed by atoms with Crippen molar-refractivity contribution in [2.45, 2.75) is 20.3 Å². The summed E-state index contributed by atoms with van der Waals surface area (Å²) in [5, 5.41) is 0. The van der Waals surface area contributed by atoms with E-state index in [4.69, 9.17) is 4.74 Å². The van der Waals surface area contributed by atoms with Gasteiger partial charge in [-0.1, -0.05) is 13.5 Å². The Kier molecular flexibility index (Phi) is 6.21. The second kappa shape index (κ2) is 6.60. The highest BCUT2D eigenvalue weighted by Gasteiger charge is 2.07. The second-order valence-corrected chi connectivity index (χ2v) is 4.08. The minimum Gasteiger partial charge on any atom is -0.462 e. The van der Waals surface area contributed by atoms with Crippen molar-refractivity contribution in [2.24, 2.45) is 5.92 Å². The number of nitrogens with zero attached hydrogens (tertiary/aromatic N) is 1. The van der Waals surface area contributed by atoms with Crippen LogP contribution in [0.2, 0.25) is 0 Å². The van der Waals surface area contributed by atoms with E-state index in [1.54, 1.807) is 6.92 Å². The Hall–Kier alpha value is -0.830. The number of carbonyl (C=O) groups is 1. The fraction of sp³-hybridized carbons (Fsp3) is 0.727. The zero-order valence-electron chi connectivity index (χ0n) is 9.67. The summed E-state index contributed by atoms with van der Waals surface area (Å²) >= 11 is 0. The van der Waals surface area contributed by atoms with Gasteiger partial charge in [0.25, 0.3) is 0 Å². The number of carbonyl (C=O) groups excluding carboxylic acids is 1. The van der Waals surface area contributed by atoms with E-state index in [2.05, 4.69) is 18.4 Å². The molecule has 0 aromatic rings. The van der Waals surface area contributed by atoms with E-state index >= 15 is 0 Å². The molecule has 3 nitrogen and oxygen atoms in total. The first-order valence-corrected chi connectivity index (χ1v) is 4.90. The van der Waals surface area contributed by atoms with E-state index in [1.807, 2.05) is 14.1 Å². The van der Waals surface area contributed by atoms with Crippen molar-refractivity contribution in [1.82, 2.24) is 4.90 Å². The van der Waals surface area contributed by atoms with Gasteiger partial charge in [0, 0.05) is 5.57 Å². The van der Waals surface area contributed by atoms with Gasteiger partial charge in [0.1, 0.15) is 0 Å². The van der Waals surface area contributed by atoms with Crippen LogP contribution in [-0.2, 0) is 9.53 Å². The summed E-state index contributed by atoms with van der Waals surface area (Å²) in [4.78, 5) is 13.2. The fourth-order valence-corrected chi connectivity index (χ4v) is 0.903. The zero-order valence-corrected chi connectivity index (χ0v) is 9.67. The first-order valence-electron chi connectivity index (χ1n) is 4.90. The van der Waals surface area contributed by atoms with Gasteiger partial charge in [-0.25, -0.2) is 4.79 Å². The molecule has 0 saturated heterocycles. The quantitative estimate of drug-likeness (QED) is 0.481. The maximum absolute atomic E-state index is 11.1. The summed E-state index contributed by atoms with van der Waals surface area (Å²) < 4.78 is 5.04. The Balaban J connectivity index is 3.58. The highest BCUT2D eigenvalue weighted by molar-refractivity contribution is 5.86. The third kappa shape index (κ3) is 6.66. The van der Waals surface area contributed by atoms with Gasteiger partial charge in [0.2, 0.25) is 0 Å². The Morgan fingerprint density at radius 2 is 2.07 bits per heavy atom. The predicted octanol–water partition coefficient (Wildman–Crippen LogP) is 1.69. The Morgan fingerprint density at radius 1 is 1.50 bits per heavy atom. The maximum Gasteiger partial charge on any atom is 0.333 e. The molecular formula is C11H21NO2. The van der Waals surface area contributed by atoms with E-state index in [1.165, 1.54) is 0 Å². The predicted molar refractivity (Wildman–Crippen MR) is 58.1 cm³/mol. The molecule has 0 rings (SSSR count). The van der Waals surface area contributed by atoms with Gasteiger partial charge in [0.05, 0.1) is 6.61 Å². The van der Waals surface area contributed by atoms with E-state index in [0.717, 1.165) is 13.0 Å². The lowest BCUT2D eigenvalue weighted by molar-refractivity contribution is -0.140. The second-order valence-electron chi connectivity index (χ2n) is 4.08. The zero-order chi connectivity index (χ0) is 11.1. The summed E-state index contributed by atoms with van der Waals surface area (Å²) in [6, 6.07) is 0. The molecule has 0 aromatic heterocycles. The average molecular weight is 199 g/mol. The number of hydrogen-bond acceptors (Lipinski definition) is 3. The summed E-state index contributed by atoms with van der Waals surface area (Å²) in [5.41, 5.74) is 0.463. The largest absolute Gasteiger partial charge is 0.462 e. The van der Waals surface area contributed by atoms with Crippen molar-refractivity contribution in [1.29, 1.82) is 0 Å². The lowest BCUT2D eigenvalue weighted by Gasteiger charge is -2.15. The molecule has 1 atom stereocenters. The van der Waals surface area contributed by atoms with Crippen molar-refractivity contribution in [3.8, 4) is 0 Å². The minimum absolute atomic E-state index is 0.290. The monoisotopic (exact) mass is 199 g/mol. The molecule has 1 unspecified atom stereocenters. The highest BCUT2D eigenvalue weighted by Crippen LogP contribution is 2.04. The summed E-state index contributed by atoms with van der Waals surface area (Å²) in [5.74, 6) is 0.113. The molecule has 0 saturated carbocycles. The van der Waals surface area contributed by atoms with Crippen LogP contribution in [0.5, 0.6) is 0 Å². The van der Waals surface area contributed by atoms with E-state index in [-0.39, 0.29) is 5.97 Å². The molecule has 0 aromatic carbocycles. The molecule has 0 radical (unpaired) electrons. The van der Waals surface area contributed by atoms with Crippen LogP contribution in [0.25, 0.3) is 0 Å². The van der Waals surface area contributed by atoms with Crippen molar-refractivity contribution in [3.63, 3.8) is 0 Å². The third-order valence-electron chi connectivity index (χ3n) is 1.92. The summed E-state index contributed by atoms with van der Waals surface area (Å²) in [6.07, 6.45) is 1.04. The molecule has 0 amide bonds. The van der Waals surface area contributed by atoms with Gasteiger partial charge in [0.15, 0.2) is 0 Å². The molecular weight excluding hydrogens is 178 g/mol. The summed E-state index contributed by atoms with van der Waals surface area (Å²) in [7, 11) is 4.07. The maximum atomic E-state index is 11.1. The van der Waals surface area contributed by atoms with E-state index in [9.17, 15) is 4.79 Å². The summed E-state index contributed by atoms with van der Waals surface area (Å²) in [6.45, 7) is 8.77. The normalized spacial score (nSPS) is 12.6. The Morgan fingerprint density at radius 3 is 2.50 bits per heavy atom. The highest BCUT2D eigenvalue weighted by atomic mass is 16.5. The van der Waals surface area contributed by atoms with E-state index < -0.39 is 0 Å². The molecule has 0 spiro atoms. The van der Waals surface area contributed by atoms with Gasteiger partial charge in [-0.15, -0.1) is 0 Å². The molecule has 82 valence electrons. The molecule has 14 heavy (non-hydrogen) atoms. The first kappa shape index (κ1) is 13.2. The smallest absolute Gasteiger partial charge is 0.333 e. The van der Waals surface area contributed by atoms with Gasteiger partial charge >= 0.3 is 5.97 Å². The van der Waals surface area contributed by atoms with Crippen LogP contribution < -0.4 is 0 Å². The SMILES string of the molecule is C=C(C)C(=O)OCC(C)CCN(C)C. The van der Waals surface area contributed by atoms with Gasteiger partial charge in [-0.05, 0) is 39.9 Å². The van der Waals surface area contributed by atoms with Gasteiger partial charge < -0.3 is 9.64 Å². The van der Waals surface area contributed by atoms with Crippen molar-refractivity contribution < 1.29 is 9.53 Å². The molecule has 0 fully saturated rings. The van der Waals surface area contributed by atoms with Crippen molar-refractivity contribution >= 4 is 5.97 Å². The molecule has 3 heteroatoms. The van der Waals surface area contributed by atoms with Crippen LogP contribution in [0.15, 0.2) is 12.2 Å². The Labute approximate surface area is 86.7 Å². The lowest BCUT2D eigenvalue weighted by atomic mass is 10.1. The Bertz CT molecular complexity index is 199. The number of rotatable bonds is 6. The molecule has 0 N–H and O–H groups in total. The van der Waals surface area contributed by atoms with Crippen LogP contribution in [0.1, 0.15) is 20.3 Å². The van der Waals surface area contributed by atoms with Crippen LogP contribution >= 0.6 is 0 Å². The number of esters is 1. The van der Waals surface area contributed by atoms with Crippen LogP contribution in [0.4, 0.5) is 0 Å². The molecule has 0 aliphatic heterocycles. The molecule has 0 aliphatic rings. The minimum atomic E-state index is -0.290. The molecule has 0 heterocycles. The lowest BCUT2D eigenvalue weighted by Crippen LogP contribution is -2.19. The molecule has 0 aliphatic carbocycles. The fourth-order valence-electron chi connectivity index (χ4n) is 0.903. The van der Waals surface area contributed by atoms with Gasteiger partial charge in [-0.2, -0.15) is 0 Å². The third-order valence-corrected chi connectivity index (χ3v) is 1.92. The van der Waals surface area contributed by atoms with Crippen LogP contribution in [0, 0.1) is 5.92 Å². The van der Waals surface area contributed by atoms with Crippen molar-refractivity contribution in [2.75, 3.05) is 27.2 Å². The average Bonchev–Trinajstić information content (AvgIpc) is 2.10. The van der Waals surface area contributed by atoms with Crippen LogP contribution in [-0.4, -0.2) is 38.1 Å². The topological polar surface area (TPSA) is 29.5 Å². The van der Waals surface area contributed by atoms with Crippen LogP contribution in [0.3, 0.4) is 0 Å². The number of ether oxygens (including phenoxy) is 1.